The van der Waals surface area contributed by atoms with E-state index in [0.29, 0.717) is 12.6 Å². The highest BCUT2D eigenvalue weighted by Crippen LogP contribution is 2.20. The van der Waals surface area contributed by atoms with E-state index in [2.05, 4.69) is 12.2 Å². The second-order valence-electron chi connectivity index (χ2n) is 4.70. The number of benzene rings is 2. The molecule has 0 saturated heterocycles. The lowest BCUT2D eigenvalue weighted by atomic mass is 10.1. The largest absolute Gasteiger partial charge is 0.379 e. The number of amides is 1. The average molecular weight is 290 g/mol. The Labute approximate surface area is 121 Å². The molecule has 0 aliphatic heterocycles. The van der Waals surface area contributed by atoms with Gasteiger partial charge in [-0.25, -0.2) is 8.78 Å². The maximum absolute atomic E-state index is 13.7. The first-order valence-corrected chi connectivity index (χ1v) is 6.61. The maximum Gasteiger partial charge on any atom is 0.251 e. The standard InChI is InChI=1S/C16H16F2N2O/c1-2-10-3-5-11(6-4-10)9-20-15-7-12(16(19)21)13(17)8-14(15)18/h3-8,20H,2,9H2,1H3,(H2,19,21). The molecule has 0 heterocycles. The molecule has 3 N–H and O–H groups in total. The smallest absolute Gasteiger partial charge is 0.251 e. The molecule has 2 aromatic carbocycles. The summed E-state index contributed by atoms with van der Waals surface area (Å²) in [4.78, 5) is 11.1. The molecule has 0 aromatic heterocycles. The first kappa shape index (κ1) is 15.0. The minimum Gasteiger partial charge on any atom is -0.379 e. The van der Waals surface area contributed by atoms with Crippen LogP contribution in [0, 0.1) is 11.6 Å². The van der Waals surface area contributed by atoms with E-state index in [1.807, 2.05) is 24.3 Å². The Balaban J connectivity index is 2.15. The molecule has 0 fully saturated rings. The van der Waals surface area contributed by atoms with E-state index in [4.69, 9.17) is 5.73 Å². The topological polar surface area (TPSA) is 55.1 Å². The van der Waals surface area contributed by atoms with Crippen molar-refractivity contribution in [1.29, 1.82) is 0 Å². The van der Waals surface area contributed by atoms with Gasteiger partial charge in [0.2, 0.25) is 0 Å². The van der Waals surface area contributed by atoms with Crippen molar-refractivity contribution in [3.63, 3.8) is 0 Å². The van der Waals surface area contributed by atoms with Crippen LogP contribution in [0.25, 0.3) is 0 Å². The quantitative estimate of drug-likeness (QED) is 0.888. The minimum atomic E-state index is -0.960. The molecule has 0 bridgehead atoms. The average Bonchev–Trinajstić information content (AvgIpc) is 2.46. The Morgan fingerprint density at radius 1 is 1.10 bits per heavy atom. The third kappa shape index (κ3) is 3.56. The fraction of sp³-hybridized carbons (Fsp3) is 0.188. The predicted octanol–water partition coefficient (Wildman–Crippen LogP) is 3.24. The molecule has 5 heteroatoms. The van der Waals surface area contributed by atoms with Crippen LogP contribution in [-0.2, 0) is 13.0 Å². The summed E-state index contributed by atoms with van der Waals surface area (Å²) in [6.07, 6.45) is 0.947. The van der Waals surface area contributed by atoms with E-state index < -0.39 is 17.5 Å². The van der Waals surface area contributed by atoms with Crippen LogP contribution in [0.3, 0.4) is 0 Å². The lowest BCUT2D eigenvalue weighted by molar-refractivity contribution is 0.0996. The molecule has 0 radical (unpaired) electrons. The van der Waals surface area contributed by atoms with Crippen molar-refractivity contribution >= 4 is 11.6 Å². The number of rotatable bonds is 5. The van der Waals surface area contributed by atoms with E-state index in [-0.39, 0.29) is 11.3 Å². The highest BCUT2D eigenvalue weighted by Gasteiger charge is 2.13. The molecule has 2 aromatic rings. The van der Waals surface area contributed by atoms with Crippen molar-refractivity contribution in [3.8, 4) is 0 Å². The monoisotopic (exact) mass is 290 g/mol. The zero-order valence-electron chi connectivity index (χ0n) is 11.6. The summed E-state index contributed by atoms with van der Waals surface area (Å²) in [5, 5.41) is 2.84. The van der Waals surface area contributed by atoms with Crippen molar-refractivity contribution in [2.45, 2.75) is 19.9 Å². The fourth-order valence-corrected chi connectivity index (χ4v) is 1.96. The highest BCUT2D eigenvalue weighted by molar-refractivity contribution is 5.94. The van der Waals surface area contributed by atoms with E-state index in [1.54, 1.807) is 0 Å². The normalized spacial score (nSPS) is 10.4. The summed E-state index contributed by atoms with van der Waals surface area (Å²) in [5.74, 6) is -2.65. The molecule has 1 amide bonds. The number of hydrogen-bond acceptors (Lipinski definition) is 2. The van der Waals surface area contributed by atoms with Crippen LogP contribution in [-0.4, -0.2) is 5.91 Å². The zero-order valence-corrected chi connectivity index (χ0v) is 11.6. The summed E-state index contributed by atoms with van der Waals surface area (Å²) in [6.45, 7) is 2.43. The highest BCUT2D eigenvalue weighted by atomic mass is 19.1. The summed E-state index contributed by atoms with van der Waals surface area (Å²) < 4.78 is 27.0. The second kappa shape index (κ2) is 6.35. The third-order valence-corrected chi connectivity index (χ3v) is 3.24. The lowest BCUT2D eigenvalue weighted by Crippen LogP contribution is -2.14. The Morgan fingerprint density at radius 3 is 2.29 bits per heavy atom. The van der Waals surface area contributed by atoms with E-state index >= 15 is 0 Å². The van der Waals surface area contributed by atoms with Gasteiger partial charge in [-0.1, -0.05) is 31.2 Å². The molecule has 0 aliphatic carbocycles. The molecular weight excluding hydrogens is 274 g/mol. The molecule has 21 heavy (non-hydrogen) atoms. The first-order valence-electron chi connectivity index (χ1n) is 6.61. The number of hydrogen-bond donors (Lipinski definition) is 2. The molecule has 3 nitrogen and oxygen atoms in total. The molecule has 0 unspecified atom stereocenters. The second-order valence-corrected chi connectivity index (χ2v) is 4.70. The number of aryl methyl sites for hydroxylation is 1. The van der Waals surface area contributed by atoms with Gasteiger partial charge in [0.25, 0.3) is 5.91 Å². The number of nitrogens with two attached hydrogens (primary N) is 1. The Bertz CT molecular complexity index is 654. The SMILES string of the molecule is CCc1ccc(CNc2cc(C(N)=O)c(F)cc2F)cc1. The number of carbonyl (C=O) groups excluding carboxylic acids is 1. The van der Waals surface area contributed by atoms with Crippen molar-refractivity contribution in [3.05, 3.63) is 64.7 Å². The Kier molecular flexibility index (Phi) is 4.52. The number of halogens is 2. The fourth-order valence-electron chi connectivity index (χ4n) is 1.96. The number of carbonyl (C=O) groups is 1. The van der Waals surface area contributed by atoms with Gasteiger partial charge in [0.15, 0.2) is 0 Å². The van der Waals surface area contributed by atoms with E-state index in [9.17, 15) is 13.6 Å². The molecule has 0 atom stereocenters. The molecule has 110 valence electrons. The van der Waals surface area contributed by atoms with Crippen molar-refractivity contribution < 1.29 is 13.6 Å². The molecule has 0 spiro atoms. The number of anilines is 1. The van der Waals surface area contributed by atoms with Crippen LogP contribution in [0.1, 0.15) is 28.4 Å². The number of primary amides is 1. The summed E-state index contributed by atoms with van der Waals surface area (Å²) in [6, 6.07) is 9.60. The molecule has 0 aliphatic rings. The van der Waals surface area contributed by atoms with Gasteiger partial charge in [0, 0.05) is 12.6 Å². The Morgan fingerprint density at radius 2 is 1.71 bits per heavy atom. The van der Waals surface area contributed by atoms with E-state index in [1.165, 1.54) is 5.56 Å². The number of nitrogens with one attached hydrogen (secondary N) is 1. The van der Waals surface area contributed by atoms with Crippen molar-refractivity contribution in [1.82, 2.24) is 0 Å². The van der Waals surface area contributed by atoms with Gasteiger partial charge in [0.1, 0.15) is 11.6 Å². The van der Waals surface area contributed by atoms with Crippen LogP contribution in [0.4, 0.5) is 14.5 Å². The van der Waals surface area contributed by atoms with Gasteiger partial charge in [-0.2, -0.15) is 0 Å². The van der Waals surface area contributed by atoms with Crippen molar-refractivity contribution in [2.24, 2.45) is 5.73 Å². The maximum atomic E-state index is 13.7. The van der Waals surface area contributed by atoms with Crippen LogP contribution < -0.4 is 11.1 Å². The predicted molar refractivity (Wildman–Crippen MR) is 78.0 cm³/mol. The van der Waals surface area contributed by atoms with Gasteiger partial charge >= 0.3 is 0 Å². The van der Waals surface area contributed by atoms with Crippen LogP contribution in [0.5, 0.6) is 0 Å². The zero-order chi connectivity index (χ0) is 15.4. The third-order valence-electron chi connectivity index (χ3n) is 3.24. The van der Waals surface area contributed by atoms with Crippen molar-refractivity contribution in [2.75, 3.05) is 5.32 Å². The summed E-state index contributed by atoms with van der Waals surface area (Å²) in [5.41, 5.74) is 6.92. The van der Waals surface area contributed by atoms with Gasteiger partial charge in [0.05, 0.1) is 11.3 Å². The molecule has 2 rings (SSSR count). The van der Waals surface area contributed by atoms with Gasteiger partial charge in [-0.15, -0.1) is 0 Å². The van der Waals surface area contributed by atoms with E-state index in [0.717, 1.165) is 18.1 Å². The summed E-state index contributed by atoms with van der Waals surface area (Å²) in [7, 11) is 0. The van der Waals surface area contributed by atoms with Gasteiger partial charge in [-0.3, -0.25) is 4.79 Å². The van der Waals surface area contributed by atoms with Crippen LogP contribution >= 0.6 is 0 Å². The summed E-state index contributed by atoms with van der Waals surface area (Å²) >= 11 is 0. The van der Waals surface area contributed by atoms with Gasteiger partial charge in [-0.05, 0) is 23.6 Å². The lowest BCUT2D eigenvalue weighted by Gasteiger charge is -2.10. The van der Waals surface area contributed by atoms with Crippen LogP contribution in [0.15, 0.2) is 36.4 Å². The minimum absolute atomic E-state index is 0.0461. The molecule has 0 saturated carbocycles. The van der Waals surface area contributed by atoms with Gasteiger partial charge < -0.3 is 11.1 Å². The first-order chi connectivity index (χ1) is 10.0. The Hall–Kier alpha value is -2.43. The molecular formula is C16H16F2N2O. The van der Waals surface area contributed by atoms with Crippen LogP contribution in [0.2, 0.25) is 0 Å².